The van der Waals surface area contributed by atoms with E-state index in [9.17, 15) is 14.4 Å². The number of hydrazone groups is 1. The molecule has 0 N–H and O–H groups in total. The first-order valence-electron chi connectivity index (χ1n) is 9.53. The molecule has 0 bridgehead atoms. The van der Waals surface area contributed by atoms with Gasteiger partial charge < -0.3 is 13.4 Å². The average Bonchev–Trinajstić information content (AvgIpc) is 3.54. The second-order valence-corrected chi connectivity index (χ2v) is 7.25. The van der Waals surface area contributed by atoms with Crippen molar-refractivity contribution in [2.45, 2.75) is 19.0 Å². The van der Waals surface area contributed by atoms with Crippen LogP contribution < -0.4 is 11.2 Å². The number of carbonyl (C=O) groups excluding carboxylic acids is 1. The molecular formula is C20H18N6O5. The Labute approximate surface area is 174 Å². The zero-order chi connectivity index (χ0) is 21.7. The summed E-state index contributed by atoms with van der Waals surface area (Å²) in [6.45, 7) is -0.184. The van der Waals surface area contributed by atoms with Gasteiger partial charge in [-0.25, -0.2) is 14.8 Å². The van der Waals surface area contributed by atoms with E-state index in [1.807, 2.05) is 0 Å². The monoisotopic (exact) mass is 422 g/mol. The van der Waals surface area contributed by atoms with Crippen LogP contribution in [0, 0.1) is 0 Å². The van der Waals surface area contributed by atoms with Crippen molar-refractivity contribution in [2.24, 2.45) is 19.2 Å². The van der Waals surface area contributed by atoms with Gasteiger partial charge in [-0.15, -0.1) is 0 Å². The van der Waals surface area contributed by atoms with E-state index in [-0.39, 0.29) is 23.6 Å². The van der Waals surface area contributed by atoms with Gasteiger partial charge in [0.15, 0.2) is 11.2 Å². The molecule has 1 atom stereocenters. The number of rotatable bonds is 4. The maximum atomic E-state index is 13.2. The van der Waals surface area contributed by atoms with Crippen LogP contribution in [0.2, 0.25) is 0 Å². The van der Waals surface area contributed by atoms with Crippen LogP contribution in [-0.4, -0.2) is 35.3 Å². The molecule has 0 aliphatic carbocycles. The molecule has 4 aromatic rings. The number of fused-ring (bicyclic) bond motifs is 1. The van der Waals surface area contributed by atoms with Gasteiger partial charge in [0.05, 0.1) is 18.9 Å². The molecule has 1 aliphatic heterocycles. The van der Waals surface area contributed by atoms with E-state index in [4.69, 9.17) is 8.83 Å². The van der Waals surface area contributed by atoms with Crippen LogP contribution in [0.15, 0.2) is 66.6 Å². The van der Waals surface area contributed by atoms with Gasteiger partial charge in [0.2, 0.25) is 0 Å². The first-order valence-corrected chi connectivity index (χ1v) is 9.53. The molecule has 11 nitrogen and oxygen atoms in total. The molecule has 0 aromatic carbocycles. The van der Waals surface area contributed by atoms with Crippen molar-refractivity contribution >= 4 is 22.8 Å². The Morgan fingerprint density at radius 1 is 1.13 bits per heavy atom. The Balaban J connectivity index is 1.53. The van der Waals surface area contributed by atoms with Crippen LogP contribution in [0.4, 0.5) is 0 Å². The van der Waals surface area contributed by atoms with Crippen molar-refractivity contribution in [3.05, 3.63) is 75.5 Å². The lowest BCUT2D eigenvalue weighted by molar-refractivity contribution is -0.133. The lowest BCUT2D eigenvalue weighted by Crippen LogP contribution is -2.38. The summed E-state index contributed by atoms with van der Waals surface area (Å²) >= 11 is 0. The zero-order valence-electron chi connectivity index (χ0n) is 16.8. The molecule has 11 heteroatoms. The Morgan fingerprint density at radius 3 is 2.61 bits per heavy atom. The summed E-state index contributed by atoms with van der Waals surface area (Å²) < 4.78 is 14.6. The third-order valence-corrected chi connectivity index (χ3v) is 5.37. The summed E-state index contributed by atoms with van der Waals surface area (Å²) in [5.74, 6) is 0.800. The minimum Gasteiger partial charge on any atom is -0.467 e. The van der Waals surface area contributed by atoms with E-state index in [0.717, 1.165) is 4.57 Å². The normalized spacial score (nSPS) is 16.3. The third-order valence-electron chi connectivity index (χ3n) is 5.37. The van der Waals surface area contributed by atoms with Gasteiger partial charge in [-0.3, -0.25) is 18.7 Å². The smallest absolute Gasteiger partial charge is 0.332 e. The number of carbonyl (C=O) groups is 1. The van der Waals surface area contributed by atoms with Gasteiger partial charge in [-0.2, -0.15) is 5.10 Å². The predicted molar refractivity (Wildman–Crippen MR) is 108 cm³/mol. The maximum absolute atomic E-state index is 13.2. The van der Waals surface area contributed by atoms with Crippen LogP contribution in [0.1, 0.15) is 24.0 Å². The van der Waals surface area contributed by atoms with Crippen molar-refractivity contribution in [1.29, 1.82) is 0 Å². The average molecular weight is 422 g/mol. The highest BCUT2D eigenvalue weighted by Gasteiger charge is 2.36. The molecular weight excluding hydrogens is 404 g/mol. The van der Waals surface area contributed by atoms with E-state index >= 15 is 0 Å². The molecule has 158 valence electrons. The minimum absolute atomic E-state index is 0.168. The van der Waals surface area contributed by atoms with Crippen molar-refractivity contribution in [3.8, 4) is 0 Å². The highest BCUT2D eigenvalue weighted by atomic mass is 16.3. The molecule has 0 radical (unpaired) electrons. The van der Waals surface area contributed by atoms with Crippen molar-refractivity contribution in [1.82, 2.24) is 23.7 Å². The fourth-order valence-corrected chi connectivity index (χ4v) is 3.77. The Morgan fingerprint density at radius 2 is 1.90 bits per heavy atom. The van der Waals surface area contributed by atoms with Crippen LogP contribution in [0.5, 0.6) is 0 Å². The summed E-state index contributed by atoms with van der Waals surface area (Å²) in [4.78, 5) is 42.2. The number of aryl methyl sites for hydroxylation is 1. The molecule has 0 fully saturated rings. The quantitative estimate of drug-likeness (QED) is 0.484. The predicted octanol–water partition coefficient (Wildman–Crippen LogP) is 0.998. The molecule has 0 saturated carbocycles. The molecule has 0 saturated heterocycles. The number of nitrogens with zero attached hydrogens (tertiary/aromatic N) is 6. The van der Waals surface area contributed by atoms with Gasteiger partial charge >= 0.3 is 5.69 Å². The maximum Gasteiger partial charge on any atom is 0.332 e. The molecule has 4 aromatic heterocycles. The summed E-state index contributed by atoms with van der Waals surface area (Å²) in [5.41, 5.74) is -0.00783. The molecule has 5 heterocycles. The van der Waals surface area contributed by atoms with Crippen LogP contribution >= 0.6 is 0 Å². The SMILES string of the molecule is Cn1c(=O)c2c(ncn2CC(=O)N2N=C(c3ccco3)CC2c2ccco2)n(C)c1=O. The van der Waals surface area contributed by atoms with Crippen LogP contribution in [0.3, 0.4) is 0 Å². The largest absolute Gasteiger partial charge is 0.467 e. The van der Waals surface area contributed by atoms with Gasteiger partial charge in [0.25, 0.3) is 11.5 Å². The second kappa shape index (κ2) is 6.97. The number of amides is 1. The Kier molecular flexibility index (Phi) is 4.24. The summed E-state index contributed by atoms with van der Waals surface area (Å²) in [5, 5.41) is 5.82. The van der Waals surface area contributed by atoms with Crippen LogP contribution in [-0.2, 0) is 25.4 Å². The topological polar surface area (TPSA) is 121 Å². The number of hydrogen-bond donors (Lipinski definition) is 0. The summed E-state index contributed by atoms with van der Waals surface area (Å²) in [6, 6.07) is 6.62. The Hall–Kier alpha value is -4.15. The fraction of sp³-hybridized carbons (Fsp3) is 0.250. The lowest BCUT2D eigenvalue weighted by atomic mass is 10.1. The summed E-state index contributed by atoms with van der Waals surface area (Å²) in [6.07, 6.45) is 4.88. The van der Waals surface area contributed by atoms with Gasteiger partial charge in [0, 0.05) is 20.5 Å². The van der Waals surface area contributed by atoms with E-state index in [0.29, 0.717) is 23.7 Å². The summed E-state index contributed by atoms with van der Waals surface area (Å²) in [7, 11) is 2.91. The highest BCUT2D eigenvalue weighted by Crippen LogP contribution is 2.33. The first kappa shape index (κ1) is 18.9. The van der Waals surface area contributed by atoms with E-state index in [1.165, 1.54) is 40.8 Å². The molecule has 1 unspecified atom stereocenters. The Bertz CT molecular complexity index is 1420. The van der Waals surface area contributed by atoms with Crippen molar-refractivity contribution in [3.63, 3.8) is 0 Å². The van der Waals surface area contributed by atoms with Crippen molar-refractivity contribution < 1.29 is 13.6 Å². The van der Waals surface area contributed by atoms with Gasteiger partial charge in [-0.05, 0) is 24.3 Å². The second-order valence-electron chi connectivity index (χ2n) is 7.25. The van der Waals surface area contributed by atoms with Crippen molar-refractivity contribution in [2.75, 3.05) is 0 Å². The first-order chi connectivity index (χ1) is 15.0. The lowest BCUT2D eigenvalue weighted by Gasteiger charge is -2.20. The van der Waals surface area contributed by atoms with E-state index in [2.05, 4.69) is 10.1 Å². The van der Waals surface area contributed by atoms with E-state index in [1.54, 1.807) is 30.5 Å². The fourth-order valence-electron chi connectivity index (χ4n) is 3.77. The third kappa shape index (κ3) is 2.93. The number of furan rings is 2. The molecule has 0 spiro atoms. The molecule has 5 rings (SSSR count). The zero-order valence-corrected chi connectivity index (χ0v) is 16.8. The highest BCUT2D eigenvalue weighted by molar-refractivity contribution is 6.01. The number of aromatic nitrogens is 4. The van der Waals surface area contributed by atoms with Gasteiger partial charge in [0.1, 0.15) is 29.8 Å². The standard InChI is InChI=1S/C20H18N6O5/c1-23-18-17(19(28)24(2)20(23)29)25(11-21-18)10-16(27)26-13(15-6-4-8-31-15)9-12(22-26)14-5-3-7-30-14/h3-8,11,13H,9-10H2,1-2H3. The van der Waals surface area contributed by atoms with Gasteiger partial charge in [-0.1, -0.05) is 0 Å². The molecule has 1 aliphatic rings. The number of imidazole rings is 1. The molecule has 31 heavy (non-hydrogen) atoms. The number of hydrogen-bond acceptors (Lipinski definition) is 7. The minimum atomic E-state index is -0.521. The van der Waals surface area contributed by atoms with Crippen LogP contribution in [0.25, 0.3) is 11.2 Å². The van der Waals surface area contributed by atoms with E-state index < -0.39 is 17.3 Å². The molecule has 1 amide bonds.